The van der Waals surface area contributed by atoms with Gasteiger partial charge in [0.1, 0.15) is 13.2 Å². The molecular weight excluding hydrogens is 721 g/mol. The van der Waals surface area contributed by atoms with Gasteiger partial charge in [0.2, 0.25) is 0 Å². The monoisotopic (exact) mass is 821 g/mol. The smallest absolute Gasteiger partial charge is 0.306 e. The number of carbonyl (C=O) groups excluding carboxylic acids is 3. The van der Waals surface area contributed by atoms with Crippen LogP contribution in [0.5, 0.6) is 0 Å². The van der Waals surface area contributed by atoms with E-state index in [-0.39, 0.29) is 31.1 Å². The number of carbonyl (C=O) groups is 3. The van der Waals surface area contributed by atoms with Crippen molar-refractivity contribution in [2.75, 3.05) is 13.2 Å². The highest BCUT2D eigenvalue weighted by atomic mass is 16.6. The molecule has 0 aromatic carbocycles. The lowest BCUT2D eigenvalue weighted by Crippen LogP contribution is -2.30. The molecule has 344 valence electrons. The zero-order valence-electron chi connectivity index (χ0n) is 39.8. The summed E-state index contributed by atoms with van der Waals surface area (Å²) in [5.74, 6) is 1.60. The molecule has 0 heterocycles. The Kier molecular flexibility index (Phi) is 42.3. The summed E-state index contributed by atoms with van der Waals surface area (Å²) in [6.07, 6.45) is 42.4. The van der Waals surface area contributed by atoms with Crippen LogP contribution in [0.1, 0.15) is 279 Å². The number of hydrogen-bond acceptors (Lipinski definition) is 6. The minimum absolute atomic E-state index is 0.0660. The predicted octanol–water partition coefficient (Wildman–Crippen LogP) is 16.4. The summed E-state index contributed by atoms with van der Waals surface area (Å²) in [7, 11) is 0. The van der Waals surface area contributed by atoms with Crippen LogP contribution < -0.4 is 0 Å². The van der Waals surface area contributed by atoms with Crippen LogP contribution >= 0.6 is 0 Å². The van der Waals surface area contributed by atoms with E-state index in [9.17, 15) is 14.4 Å². The summed E-state index contributed by atoms with van der Waals surface area (Å²) in [6.45, 7) is 13.7. The fraction of sp³-hybridized carbons (Fsp3) is 0.942. The molecule has 0 fully saturated rings. The summed E-state index contributed by atoms with van der Waals surface area (Å²) < 4.78 is 16.8. The fourth-order valence-electron chi connectivity index (χ4n) is 7.73. The molecule has 6 nitrogen and oxygen atoms in total. The number of unbranched alkanes of at least 4 members (excludes halogenated alkanes) is 27. The molecule has 0 bridgehead atoms. The number of ether oxygens (including phenoxy) is 3. The van der Waals surface area contributed by atoms with Gasteiger partial charge >= 0.3 is 17.9 Å². The van der Waals surface area contributed by atoms with Gasteiger partial charge in [-0.1, -0.05) is 241 Å². The number of hydrogen-bond donors (Lipinski definition) is 0. The molecule has 2 atom stereocenters. The van der Waals surface area contributed by atoms with Crippen molar-refractivity contribution in [1.82, 2.24) is 0 Å². The summed E-state index contributed by atoms with van der Waals surface area (Å²) in [5, 5.41) is 0. The van der Waals surface area contributed by atoms with Crippen molar-refractivity contribution >= 4 is 17.9 Å². The van der Waals surface area contributed by atoms with Crippen LogP contribution in [0.25, 0.3) is 0 Å². The van der Waals surface area contributed by atoms with Crippen LogP contribution in [0.3, 0.4) is 0 Å². The zero-order valence-corrected chi connectivity index (χ0v) is 39.8. The van der Waals surface area contributed by atoms with E-state index in [0.717, 1.165) is 75.5 Å². The Hall–Kier alpha value is -1.59. The lowest BCUT2D eigenvalue weighted by Gasteiger charge is -2.18. The van der Waals surface area contributed by atoms with Crippen LogP contribution in [0.2, 0.25) is 0 Å². The van der Waals surface area contributed by atoms with Gasteiger partial charge in [0.25, 0.3) is 0 Å². The third kappa shape index (κ3) is 44.0. The first-order valence-corrected chi connectivity index (χ1v) is 25.6. The SMILES string of the molecule is CCC(C)CCCCCCCCC(=O)OC[C@H](COC(=O)CCCCCCCCCCC(C)C)OC(=O)CCCCCCCCCCCCCCCCCCC(C)C. The maximum Gasteiger partial charge on any atom is 0.306 e. The van der Waals surface area contributed by atoms with Gasteiger partial charge in [0.05, 0.1) is 0 Å². The van der Waals surface area contributed by atoms with E-state index in [2.05, 4.69) is 41.5 Å². The number of rotatable bonds is 45. The Morgan fingerprint density at radius 3 is 0.897 bits per heavy atom. The van der Waals surface area contributed by atoms with Crippen molar-refractivity contribution in [2.24, 2.45) is 17.8 Å². The molecule has 0 aromatic rings. The molecule has 0 saturated heterocycles. The van der Waals surface area contributed by atoms with Crippen molar-refractivity contribution in [3.05, 3.63) is 0 Å². The highest BCUT2D eigenvalue weighted by Crippen LogP contribution is 2.18. The third-order valence-corrected chi connectivity index (χ3v) is 12.0. The van der Waals surface area contributed by atoms with Gasteiger partial charge in [-0.3, -0.25) is 14.4 Å². The van der Waals surface area contributed by atoms with E-state index in [1.165, 1.54) is 161 Å². The van der Waals surface area contributed by atoms with Crippen molar-refractivity contribution in [1.29, 1.82) is 0 Å². The molecular formula is C52H100O6. The Morgan fingerprint density at radius 1 is 0.345 bits per heavy atom. The lowest BCUT2D eigenvalue weighted by molar-refractivity contribution is -0.167. The van der Waals surface area contributed by atoms with Gasteiger partial charge < -0.3 is 14.2 Å². The summed E-state index contributed by atoms with van der Waals surface area (Å²) in [5.41, 5.74) is 0. The molecule has 0 aliphatic carbocycles. The van der Waals surface area contributed by atoms with Gasteiger partial charge in [-0.25, -0.2) is 0 Å². The average Bonchev–Trinajstić information content (AvgIpc) is 3.19. The van der Waals surface area contributed by atoms with E-state index >= 15 is 0 Å². The molecule has 0 aliphatic rings. The minimum Gasteiger partial charge on any atom is -0.462 e. The largest absolute Gasteiger partial charge is 0.462 e. The minimum atomic E-state index is -0.763. The Morgan fingerprint density at radius 2 is 0.603 bits per heavy atom. The Balaban J connectivity index is 4.26. The molecule has 0 saturated carbocycles. The fourth-order valence-corrected chi connectivity index (χ4v) is 7.73. The summed E-state index contributed by atoms with van der Waals surface area (Å²) in [4.78, 5) is 37.9. The highest BCUT2D eigenvalue weighted by molar-refractivity contribution is 5.71. The molecule has 6 heteroatoms. The Bertz CT molecular complexity index is 900. The summed E-state index contributed by atoms with van der Waals surface area (Å²) >= 11 is 0. The molecule has 0 N–H and O–H groups in total. The maximum absolute atomic E-state index is 12.8. The summed E-state index contributed by atoms with van der Waals surface area (Å²) in [6, 6.07) is 0. The highest BCUT2D eigenvalue weighted by Gasteiger charge is 2.19. The molecule has 0 aromatic heterocycles. The van der Waals surface area contributed by atoms with Crippen molar-refractivity contribution < 1.29 is 28.6 Å². The third-order valence-electron chi connectivity index (χ3n) is 12.0. The predicted molar refractivity (Wildman–Crippen MR) is 247 cm³/mol. The van der Waals surface area contributed by atoms with Gasteiger partial charge in [0.15, 0.2) is 6.10 Å². The van der Waals surface area contributed by atoms with E-state index in [1.54, 1.807) is 0 Å². The normalized spacial score (nSPS) is 12.6. The van der Waals surface area contributed by atoms with Gasteiger partial charge in [-0.15, -0.1) is 0 Å². The van der Waals surface area contributed by atoms with E-state index in [4.69, 9.17) is 14.2 Å². The zero-order chi connectivity index (χ0) is 42.7. The first-order valence-electron chi connectivity index (χ1n) is 25.6. The second-order valence-corrected chi connectivity index (χ2v) is 19.0. The molecule has 0 amide bonds. The van der Waals surface area contributed by atoms with Crippen LogP contribution in [0.4, 0.5) is 0 Å². The number of esters is 3. The molecule has 58 heavy (non-hydrogen) atoms. The molecule has 0 aliphatic heterocycles. The quantitative estimate of drug-likeness (QED) is 0.0346. The average molecular weight is 821 g/mol. The van der Waals surface area contributed by atoms with Gasteiger partial charge in [0, 0.05) is 19.3 Å². The van der Waals surface area contributed by atoms with Crippen molar-refractivity contribution in [3.63, 3.8) is 0 Å². The molecule has 1 unspecified atom stereocenters. The van der Waals surface area contributed by atoms with E-state index in [1.807, 2.05) is 0 Å². The van der Waals surface area contributed by atoms with Gasteiger partial charge in [-0.05, 0) is 37.0 Å². The van der Waals surface area contributed by atoms with Crippen LogP contribution in [0.15, 0.2) is 0 Å². The maximum atomic E-state index is 12.8. The van der Waals surface area contributed by atoms with E-state index < -0.39 is 6.10 Å². The van der Waals surface area contributed by atoms with E-state index in [0.29, 0.717) is 19.3 Å². The topological polar surface area (TPSA) is 78.9 Å². The Labute approximate surface area is 361 Å². The molecule has 0 rings (SSSR count). The van der Waals surface area contributed by atoms with Gasteiger partial charge in [-0.2, -0.15) is 0 Å². The standard InChI is InChI=1S/C52H100O6/c1-7-48(6)40-34-28-24-25-30-36-42-51(54)57-45-49(44-56-50(53)41-35-29-22-19-18-21-27-33-39-47(4)5)58-52(55)43-37-31-23-17-15-13-11-9-8-10-12-14-16-20-26-32-38-46(2)3/h46-49H,7-45H2,1-6H3/t48?,49-/m0/s1. The lowest BCUT2D eigenvalue weighted by atomic mass is 10.00. The van der Waals surface area contributed by atoms with Crippen molar-refractivity contribution in [2.45, 2.75) is 285 Å². The molecule has 0 spiro atoms. The second kappa shape index (κ2) is 43.5. The first kappa shape index (κ1) is 56.4. The second-order valence-electron chi connectivity index (χ2n) is 19.0. The van der Waals surface area contributed by atoms with Crippen LogP contribution in [-0.2, 0) is 28.6 Å². The van der Waals surface area contributed by atoms with Crippen LogP contribution in [-0.4, -0.2) is 37.2 Å². The molecule has 0 radical (unpaired) electrons. The van der Waals surface area contributed by atoms with Crippen molar-refractivity contribution in [3.8, 4) is 0 Å². The van der Waals surface area contributed by atoms with Crippen LogP contribution in [0, 0.1) is 17.8 Å². The first-order chi connectivity index (χ1) is 28.1.